The van der Waals surface area contributed by atoms with Crippen LogP contribution in [0.5, 0.6) is 0 Å². The van der Waals surface area contributed by atoms with E-state index in [2.05, 4.69) is 24.1 Å². The van der Waals surface area contributed by atoms with Gasteiger partial charge in [0.15, 0.2) is 0 Å². The van der Waals surface area contributed by atoms with Crippen molar-refractivity contribution >= 4 is 0 Å². The van der Waals surface area contributed by atoms with Gasteiger partial charge in [-0.1, -0.05) is 32.0 Å². The summed E-state index contributed by atoms with van der Waals surface area (Å²) in [7, 11) is 0. The fraction of sp³-hybridized carbons (Fsp3) is 0.647. The van der Waals surface area contributed by atoms with Gasteiger partial charge in [-0.2, -0.15) is 0 Å². The van der Waals surface area contributed by atoms with Crippen LogP contribution in [0.25, 0.3) is 0 Å². The second kappa shape index (κ2) is 7.75. The highest BCUT2D eigenvalue weighted by atomic mass is 19.1. The third-order valence-corrected chi connectivity index (χ3v) is 4.42. The number of nitrogens with zero attached hydrogens (tertiary/aromatic N) is 1. The van der Waals surface area contributed by atoms with Crippen molar-refractivity contribution in [3.63, 3.8) is 0 Å². The topological polar surface area (TPSA) is 15.3 Å². The highest BCUT2D eigenvalue weighted by molar-refractivity contribution is 5.21. The van der Waals surface area contributed by atoms with Crippen LogP contribution in [0.3, 0.4) is 0 Å². The van der Waals surface area contributed by atoms with Gasteiger partial charge in [0.2, 0.25) is 0 Å². The Labute approximate surface area is 122 Å². The van der Waals surface area contributed by atoms with Crippen LogP contribution >= 0.6 is 0 Å². The van der Waals surface area contributed by atoms with Gasteiger partial charge in [-0.3, -0.25) is 4.90 Å². The molecule has 1 heterocycles. The Morgan fingerprint density at radius 2 is 1.95 bits per heavy atom. The predicted molar refractivity (Wildman–Crippen MR) is 82.3 cm³/mol. The Morgan fingerprint density at radius 3 is 2.55 bits per heavy atom. The van der Waals surface area contributed by atoms with Crippen LogP contribution in [-0.2, 0) is 0 Å². The Bertz CT molecular complexity index is 400. The molecule has 20 heavy (non-hydrogen) atoms. The quantitative estimate of drug-likeness (QED) is 0.855. The molecule has 0 bridgehead atoms. The predicted octanol–water partition coefficient (Wildman–Crippen LogP) is 3.60. The molecule has 3 heteroatoms. The van der Waals surface area contributed by atoms with E-state index in [4.69, 9.17) is 0 Å². The van der Waals surface area contributed by atoms with Crippen LogP contribution in [0.2, 0.25) is 0 Å². The molecule has 1 fully saturated rings. The lowest BCUT2D eigenvalue weighted by molar-refractivity contribution is 0.126. The van der Waals surface area contributed by atoms with Crippen LogP contribution in [0, 0.1) is 11.7 Å². The summed E-state index contributed by atoms with van der Waals surface area (Å²) in [6, 6.07) is 7.47. The molecule has 0 aliphatic carbocycles. The van der Waals surface area contributed by atoms with E-state index in [0.29, 0.717) is 0 Å². The molecule has 0 saturated carbocycles. The normalized spacial score (nSPS) is 19.1. The number of nitrogens with one attached hydrogen (secondary N) is 1. The first-order valence-corrected chi connectivity index (χ1v) is 7.95. The molecule has 1 aliphatic heterocycles. The first kappa shape index (κ1) is 15.5. The smallest absolute Gasteiger partial charge is 0.127 e. The minimum absolute atomic E-state index is 0.0610. The maximum absolute atomic E-state index is 14.0. The maximum atomic E-state index is 14.0. The average molecular weight is 278 g/mol. The summed E-state index contributed by atoms with van der Waals surface area (Å²) in [6.07, 6.45) is 3.41. The Hall–Kier alpha value is -0.930. The zero-order valence-electron chi connectivity index (χ0n) is 12.7. The van der Waals surface area contributed by atoms with E-state index in [-0.39, 0.29) is 11.9 Å². The van der Waals surface area contributed by atoms with Crippen LogP contribution in [0.15, 0.2) is 24.3 Å². The summed E-state index contributed by atoms with van der Waals surface area (Å²) < 4.78 is 14.0. The lowest BCUT2D eigenvalue weighted by Crippen LogP contribution is -2.39. The number of likely N-dealkylation sites (tertiary alicyclic amines) is 1. The van der Waals surface area contributed by atoms with Crippen LogP contribution in [0.4, 0.5) is 4.39 Å². The SMILES string of the molecule is CCNCC1CCN(C(CC)c2ccccc2F)CC1. The second-order valence-corrected chi connectivity index (χ2v) is 5.73. The molecule has 1 aromatic rings. The van der Waals surface area contributed by atoms with Crippen molar-refractivity contribution in [2.24, 2.45) is 5.92 Å². The van der Waals surface area contributed by atoms with E-state index in [1.54, 1.807) is 12.1 Å². The Balaban J connectivity index is 1.95. The molecule has 1 aliphatic rings. The molecule has 0 aromatic heterocycles. The van der Waals surface area contributed by atoms with Gasteiger partial charge in [-0.05, 0) is 57.4 Å². The number of rotatable bonds is 6. The Morgan fingerprint density at radius 1 is 1.25 bits per heavy atom. The van der Waals surface area contributed by atoms with Gasteiger partial charge in [0.1, 0.15) is 5.82 Å². The third kappa shape index (κ3) is 3.80. The molecule has 1 aromatic carbocycles. The fourth-order valence-corrected chi connectivity index (χ4v) is 3.24. The summed E-state index contributed by atoms with van der Waals surface area (Å²) in [6.45, 7) is 8.65. The Kier molecular flexibility index (Phi) is 5.99. The zero-order chi connectivity index (χ0) is 14.4. The van der Waals surface area contributed by atoms with Crippen molar-refractivity contribution < 1.29 is 4.39 Å². The monoisotopic (exact) mass is 278 g/mol. The lowest BCUT2D eigenvalue weighted by Gasteiger charge is -2.37. The molecule has 112 valence electrons. The largest absolute Gasteiger partial charge is 0.317 e. The minimum atomic E-state index is -0.0610. The molecule has 1 atom stereocenters. The second-order valence-electron chi connectivity index (χ2n) is 5.73. The number of halogens is 1. The number of hydrogen-bond donors (Lipinski definition) is 1. The van der Waals surface area contributed by atoms with Crippen LogP contribution in [-0.4, -0.2) is 31.1 Å². The number of piperidine rings is 1. The fourth-order valence-electron chi connectivity index (χ4n) is 3.24. The molecule has 1 unspecified atom stereocenters. The van der Waals surface area contributed by atoms with Gasteiger partial charge in [0.05, 0.1) is 0 Å². The van der Waals surface area contributed by atoms with Crippen LogP contribution in [0.1, 0.15) is 44.7 Å². The molecule has 0 spiro atoms. The van der Waals surface area contributed by atoms with Gasteiger partial charge in [-0.25, -0.2) is 4.39 Å². The highest BCUT2D eigenvalue weighted by Crippen LogP contribution is 2.30. The molecular weight excluding hydrogens is 251 g/mol. The molecule has 1 N–H and O–H groups in total. The van der Waals surface area contributed by atoms with Gasteiger partial charge in [0.25, 0.3) is 0 Å². The van der Waals surface area contributed by atoms with Crippen molar-refractivity contribution in [2.75, 3.05) is 26.2 Å². The van der Waals surface area contributed by atoms with E-state index >= 15 is 0 Å². The first-order valence-electron chi connectivity index (χ1n) is 7.95. The van der Waals surface area contributed by atoms with E-state index in [1.165, 1.54) is 12.8 Å². The van der Waals surface area contributed by atoms with Gasteiger partial charge in [0, 0.05) is 11.6 Å². The molecule has 0 radical (unpaired) electrons. The molecule has 1 saturated heterocycles. The van der Waals surface area contributed by atoms with Gasteiger partial charge >= 0.3 is 0 Å². The highest BCUT2D eigenvalue weighted by Gasteiger charge is 2.26. The summed E-state index contributed by atoms with van der Waals surface area (Å²) in [5.74, 6) is 0.721. The van der Waals surface area contributed by atoms with Crippen molar-refractivity contribution in [3.8, 4) is 0 Å². The molecule has 0 amide bonds. The molecular formula is C17H27FN2. The molecule has 2 rings (SSSR count). The maximum Gasteiger partial charge on any atom is 0.127 e. The summed E-state index contributed by atoms with van der Waals surface area (Å²) in [4.78, 5) is 2.46. The van der Waals surface area contributed by atoms with Gasteiger partial charge in [-0.15, -0.1) is 0 Å². The standard InChI is InChI=1S/C17H27FN2/c1-3-17(15-7-5-6-8-16(15)18)20-11-9-14(10-12-20)13-19-4-2/h5-8,14,17,19H,3-4,9-13H2,1-2H3. The minimum Gasteiger partial charge on any atom is -0.317 e. The summed E-state index contributed by atoms with van der Waals surface area (Å²) in [5.41, 5.74) is 0.861. The number of hydrogen-bond acceptors (Lipinski definition) is 2. The van der Waals surface area contributed by atoms with Crippen molar-refractivity contribution in [3.05, 3.63) is 35.6 Å². The lowest BCUT2D eigenvalue weighted by atomic mass is 9.93. The number of benzene rings is 1. The average Bonchev–Trinajstić information content (AvgIpc) is 2.49. The van der Waals surface area contributed by atoms with Crippen molar-refractivity contribution in [2.45, 2.75) is 39.2 Å². The van der Waals surface area contributed by atoms with E-state index in [9.17, 15) is 4.39 Å². The van der Waals surface area contributed by atoms with E-state index in [0.717, 1.165) is 44.1 Å². The van der Waals surface area contributed by atoms with Crippen molar-refractivity contribution in [1.82, 2.24) is 10.2 Å². The van der Waals surface area contributed by atoms with Crippen LogP contribution < -0.4 is 5.32 Å². The zero-order valence-corrected chi connectivity index (χ0v) is 12.7. The molecule has 2 nitrogen and oxygen atoms in total. The summed E-state index contributed by atoms with van der Waals surface area (Å²) in [5, 5.41) is 3.44. The summed E-state index contributed by atoms with van der Waals surface area (Å²) >= 11 is 0. The third-order valence-electron chi connectivity index (χ3n) is 4.42. The van der Waals surface area contributed by atoms with E-state index < -0.39 is 0 Å². The first-order chi connectivity index (χ1) is 9.76. The van der Waals surface area contributed by atoms with Gasteiger partial charge < -0.3 is 5.32 Å². The van der Waals surface area contributed by atoms with Crippen molar-refractivity contribution in [1.29, 1.82) is 0 Å². The van der Waals surface area contributed by atoms with E-state index in [1.807, 2.05) is 12.1 Å².